The van der Waals surface area contributed by atoms with Crippen LogP contribution >= 0.6 is 15.9 Å². The Morgan fingerprint density at radius 3 is 2.28 bits per heavy atom. The van der Waals surface area contributed by atoms with Crippen molar-refractivity contribution in [2.75, 3.05) is 24.9 Å². The zero-order valence-electron chi connectivity index (χ0n) is 14.9. The molecule has 2 aromatic rings. The number of carbonyl (C=O) groups excluding carboxylic acids is 1. The van der Waals surface area contributed by atoms with Crippen LogP contribution in [0.5, 0.6) is 11.5 Å². The van der Waals surface area contributed by atoms with Crippen LogP contribution in [0.1, 0.15) is 19.4 Å². The van der Waals surface area contributed by atoms with E-state index in [0.717, 1.165) is 21.4 Å². The minimum Gasteiger partial charge on any atom is -0.493 e. The van der Waals surface area contributed by atoms with Crippen LogP contribution in [-0.2, 0) is 11.3 Å². The van der Waals surface area contributed by atoms with E-state index in [9.17, 15) is 4.79 Å². The Hall–Kier alpha value is -2.21. The molecule has 0 atom stereocenters. The van der Waals surface area contributed by atoms with Gasteiger partial charge in [-0.1, -0.05) is 13.8 Å². The molecule has 0 aliphatic rings. The molecule has 1 amide bonds. The largest absolute Gasteiger partial charge is 0.493 e. The third-order valence-corrected chi connectivity index (χ3v) is 4.26. The molecule has 0 radical (unpaired) electrons. The second-order valence-corrected chi connectivity index (χ2v) is 6.74. The van der Waals surface area contributed by atoms with E-state index < -0.39 is 0 Å². The summed E-state index contributed by atoms with van der Waals surface area (Å²) in [6.45, 7) is 4.37. The number of rotatable bonds is 7. The van der Waals surface area contributed by atoms with Crippen molar-refractivity contribution in [2.45, 2.75) is 20.4 Å². The van der Waals surface area contributed by atoms with Gasteiger partial charge in [0.25, 0.3) is 0 Å². The summed E-state index contributed by atoms with van der Waals surface area (Å²) in [5, 5.41) is 6.22. The lowest BCUT2D eigenvalue weighted by Gasteiger charge is -2.13. The molecule has 0 aliphatic heterocycles. The molecule has 6 heteroatoms. The number of benzene rings is 2. The molecule has 0 spiro atoms. The Kier molecular flexibility index (Phi) is 6.70. The van der Waals surface area contributed by atoms with E-state index in [2.05, 4.69) is 26.6 Å². The summed E-state index contributed by atoms with van der Waals surface area (Å²) in [5.41, 5.74) is 2.81. The highest BCUT2D eigenvalue weighted by atomic mass is 79.9. The molecule has 0 aromatic heterocycles. The fourth-order valence-corrected chi connectivity index (χ4v) is 2.89. The molecular weight excluding hydrogens is 384 g/mol. The normalized spacial score (nSPS) is 10.5. The van der Waals surface area contributed by atoms with Crippen molar-refractivity contribution in [1.29, 1.82) is 0 Å². The third kappa shape index (κ3) is 5.13. The predicted octanol–water partition coefficient (Wildman–Crippen LogP) is 4.67. The van der Waals surface area contributed by atoms with Crippen LogP contribution in [-0.4, -0.2) is 20.1 Å². The number of hydrogen-bond donors (Lipinski definition) is 2. The van der Waals surface area contributed by atoms with Crippen LogP contribution in [0.15, 0.2) is 40.9 Å². The van der Waals surface area contributed by atoms with E-state index in [1.165, 1.54) is 0 Å². The maximum Gasteiger partial charge on any atom is 0.226 e. The lowest BCUT2D eigenvalue weighted by molar-refractivity contribution is -0.118. The maximum absolute atomic E-state index is 11.7. The lowest BCUT2D eigenvalue weighted by Crippen LogP contribution is -2.17. The number of hydrogen-bond acceptors (Lipinski definition) is 4. The Labute approximate surface area is 156 Å². The third-order valence-electron chi connectivity index (χ3n) is 3.67. The van der Waals surface area contributed by atoms with Gasteiger partial charge in [0.05, 0.1) is 18.7 Å². The summed E-state index contributed by atoms with van der Waals surface area (Å²) < 4.78 is 11.5. The van der Waals surface area contributed by atoms with Crippen LogP contribution in [0, 0.1) is 5.92 Å². The molecule has 2 aromatic carbocycles. The SMILES string of the molecule is COc1cc(CNc2ccc(NC(=O)C(C)C)cc2)cc(Br)c1OC. The van der Waals surface area contributed by atoms with E-state index in [0.29, 0.717) is 18.0 Å². The molecular formula is C19H23BrN2O3. The zero-order chi connectivity index (χ0) is 18.4. The Morgan fingerprint density at radius 2 is 1.72 bits per heavy atom. The van der Waals surface area contributed by atoms with Crippen LogP contribution in [0.3, 0.4) is 0 Å². The second-order valence-electron chi connectivity index (χ2n) is 5.89. The van der Waals surface area contributed by atoms with E-state index >= 15 is 0 Å². The van der Waals surface area contributed by atoms with E-state index in [-0.39, 0.29) is 11.8 Å². The first kappa shape index (κ1) is 19.1. The highest BCUT2D eigenvalue weighted by Crippen LogP contribution is 2.36. The predicted molar refractivity (Wildman–Crippen MR) is 104 cm³/mol. The van der Waals surface area contributed by atoms with E-state index in [4.69, 9.17) is 9.47 Å². The molecule has 0 saturated heterocycles. The van der Waals surface area contributed by atoms with Gasteiger partial charge in [0.15, 0.2) is 11.5 Å². The summed E-state index contributed by atoms with van der Waals surface area (Å²) >= 11 is 3.50. The molecule has 25 heavy (non-hydrogen) atoms. The number of amides is 1. The first-order chi connectivity index (χ1) is 11.9. The van der Waals surface area contributed by atoms with Crippen molar-refractivity contribution in [3.05, 3.63) is 46.4 Å². The average Bonchev–Trinajstić information content (AvgIpc) is 2.60. The number of halogens is 1. The molecule has 2 N–H and O–H groups in total. The van der Waals surface area contributed by atoms with Crippen molar-refractivity contribution in [3.63, 3.8) is 0 Å². The molecule has 0 heterocycles. The first-order valence-electron chi connectivity index (χ1n) is 7.99. The van der Waals surface area contributed by atoms with Crippen molar-refractivity contribution in [1.82, 2.24) is 0 Å². The number of methoxy groups -OCH3 is 2. The molecule has 0 fully saturated rings. The van der Waals surface area contributed by atoms with Gasteiger partial charge in [-0.15, -0.1) is 0 Å². The van der Waals surface area contributed by atoms with Gasteiger partial charge in [0.2, 0.25) is 5.91 Å². The molecule has 0 aliphatic carbocycles. The number of anilines is 2. The lowest BCUT2D eigenvalue weighted by atomic mass is 10.2. The second kappa shape index (κ2) is 8.76. The van der Waals surface area contributed by atoms with Gasteiger partial charge in [-0.3, -0.25) is 4.79 Å². The van der Waals surface area contributed by atoms with E-state index in [1.54, 1.807) is 14.2 Å². The Morgan fingerprint density at radius 1 is 1.08 bits per heavy atom. The van der Waals surface area contributed by atoms with Crippen molar-refractivity contribution >= 4 is 33.2 Å². The standard InChI is InChI=1S/C19H23BrN2O3/c1-12(2)19(23)22-15-7-5-14(6-8-15)21-11-13-9-16(20)18(25-4)17(10-13)24-3/h5-10,12,21H,11H2,1-4H3,(H,22,23). The maximum atomic E-state index is 11.7. The minimum absolute atomic E-state index is 0.0101. The van der Waals surface area contributed by atoms with Crippen molar-refractivity contribution in [2.24, 2.45) is 5.92 Å². The molecule has 5 nitrogen and oxygen atoms in total. The smallest absolute Gasteiger partial charge is 0.226 e. The highest BCUT2D eigenvalue weighted by molar-refractivity contribution is 9.10. The Balaban J connectivity index is 2.02. The van der Waals surface area contributed by atoms with Gasteiger partial charge in [0, 0.05) is 23.8 Å². The van der Waals surface area contributed by atoms with Gasteiger partial charge in [-0.25, -0.2) is 0 Å². The van der Waals surface area contributed by atoms with Gasteiger partial charge in [-0.2, -0.15) is 0 Å². The number of carbonyl (C=O) groups is 1. The van der Waals surface area contributed by atoms with Gasteiger partial charge < -0.3 is 20.1 Å². The fourth-order valence-electron chi connectivity index (χ4n) is 2.24. The van der Waals surface area contributed by atoms with Gasteiger partial charge in [0.1, 0.15) is 0 Å². The van der Waals surface area contributed by atoms with Crippen LogP contribution < -0.4 is 20.1 Å². The Bertz CT molecular complexity index is 730. The van der Waals surface area contributed by atoms with Crippen molar-refractivity contribution in [3.8, 4) is 11.5 Å². The topological polar surface area (TPSA) is 59.6 Å². The van der Waals surface area contributed by atoms with Crippen LogP contribution in [0.25, 0.3) is 0 Å². The highest BCUT2D eigenvalue weighted by Gasteiger charge is 2.10. The number of ether oxygens (including phenoxy) is 2. The van der Waals surface area contributed by atoms with Gasteiger partial charge in [-0.05, 0) is 57.9 Å². The summed E-state index contributed by atoms with van der Waals surface area (Å²) in [6, 6.07) is 11.6. The fraction of sp³-hybridized carbons (Fsp3) is 0.316. The van der Waals surface area contributed by atoms with Crippen LogP contribution in [0.2, 0.25) is 0 Å². The average molecular weight is 407 g/mol. The summed E-state index contributed by atoms with van der Waals surface area (Å²) in [7, 11) is 3.23. The molecule has 134 valence electrons. The van der Waals surface area contributed by atoms with Gasteiger partial charge >= 0.3 is 0 Å². The molecule has 0 bridgehead atoms. The van der Waals surface area contributed by atoms with Crippen LogP contribution in [0.4, 0.5) is 11.4 Å². The van der Waals surface area contributed by atoms with E-state index in [1.807, 2.05) is 50.2 Å². The van der Waals surface area contributed by atoms with Crippen molar-refractivity contribution < 1.29 is 14.3 Å². The summed E-state index contributed by atoms with van der Waals surface area (Å²) in [5.74, 6) is 1.33. The quantitative estimate of drug-likeness (QED) is 0.700. The monoisotopic (exact) mass is 406 g/mol. The molecule has 0 saturated carbocycles. The molecule has 0 unspecified atom stereocenters. The number of nitrogens with one attached hydrogen (secondary N) is 2. The zero-order valence-corrected chi connectivity index (χ0v) is 16.4. The minimum atomic E-state index is -0.0405. The summed E-state index contributed by atoms with van der Waals surface area (Å²) in [4.78, 5) is 11.7. The molecule has 2 rings (SSSR count). The first-order valence-corrected chi connectivity index (χ1v) is 8.79. The summed E-state index contributed by atoms with van der Waals surface area (Å²) in [6.07, 6.45) is 0.